The quantitative estimate of drug-likeness (QED) is 0.608. The molecule has 0 fully saturated rings. The van der Waals surface area contributed by atoms with Gasteiger partial charge in [0, 0.05) is 0 Å². The first kappa shape index (κ1) is 15.0. The highest BCUT2D eigenvalue weighted by Crippen LogP contribution is 2.34. The van der Waals surface area contributed by atoms with Gasteiger partial charge in [-0.3, -0.25) is 0 Å². The summed E-state index contributed by atoms with van der Waals surface area (Å²) in [7, 11) is 0. The number of halogens is 1. The van der Waals surface area contributed by atoms with E-state index >= 15 is 0 Å². The maximum atomic E-state index is 13.2. The molecule has 128 valence electrons. The average molecular weight is 345 g/mol. The first-order valence-corrected chi connectivity index (χ1v) is 8.58. The number of aromatic nitrogens is 4. The van der Waals surface area contributed by atoms with Crippen LogP contribution in [0, 0.1) is 5.82 Å². The maximum absolute atomic E-state index is 13.2. The molecule has 0 bridgehead atoms. The van der Waals surface area contributed by atoms with Crippen molar-refractivity contribution in [3.63, 3.8) is 0 Å². The molecule has 0 saturated carbocycles. The maximum Gasteiger partial charge on any atom is 0.168 e. The molecule has 0 aliphatic heterocycles. The number of hydrogen-bond acceptors (Lipinski definition) is 4. The average Bonchev–Trinajstić information content (AvgIpc) is 3.28. The van der Waals surface area contributed by atoms with Gasteiger partial charge in [0.25, 0.3) is 0 Å². The lowest BCUT2D eigenvalue weighted by molar-refractivity contribution is 0.627. The second-order valence-corrected chi connectivity index (χ2v) is 6.43. The van der Waals surface area contributed by atoms with Crippen molar-refractivity contribution in [2.45, 2.75) is 18.9 Å². The monoisotopic (exact) mass is 345 g/mol. The molecule has 2 aromatic heterocycles. The Balaban J connectivity index is 1.53. The Morgan fingerprint density at radius 1 is 1.04 bits per heavy atom. The lowest BCUT2D eigenvalue weighted by atomic mass is 10.1. The van der Waals surface area contributed by atoms with E-state index in [1.165, 1.54) is 29.6 Å². The zero-order chi connectivity index (χ0) is 17.5. The second-order valence-electron chi connectivity index (χ2n) is 6.43. The topological polar surface area (TPSA) is 55.6 Å². The molecule has 0 amide bonds. The number of anilines is 1. The van der Waals surface area contributed by atoms with E-state index in [0.717, 1.165) is 29.7 Å². The van der Waals surface area contributed by atoms with Crippen LogP contribution in [0.15, 0.2) is 61.1 Å². The minimum absolute atomic E-state index is 0.235. The number of nitrogens with one attached hydrogen (secondary N) is 1. The van der Waals surface area contributed by atoms with Gasteiger partial charge in [-0.2, -0.15) is 5.10 Å². The summed E-state index contributed by atoms with van der Waals surface area (Å²) >= 11 is 0. The van der Waals surface area contributed by atoms with E-state index in [2.05, 4.69) is 44.6 Å². The van der Waals surface area contributed by atoms with Gasteiger partial charge in [-0.1, -0.05) is 24.3 Å². The third-order valence-electron chi connectivity index (χ3n) is 4.88. The van der Waals surface area contributed by atoms with Crippen LogP contribution in [-0.2, 0) is 6.42 Å². The summed E-state index contributed by atoms with van der Waals surface area (Å²) in [6.45, 7) is 0. The van der Waals surface area contributed by atoms with Crippen molar-refractivity contribution in [1.82, 2.24) is 19.7 Å². The van der Waals surface area contributed by atoms with Crippen molar-refractivity contribution >= 4 is 16.9 Å². The summed E-state index contributed by atoms with van der Waals surface area (Å²) in [4.78, 5) is 8.80. The molecule has 5 rings (SSSR count). The molecule has 0 spiro atoms. The van der Waals surface area contributed by atoms with Gasteiger partial charge in [0.15, 0.2) is 5.65 Å². The fourth-order valence-corrected chi connectivity index (χ4v) is 3.60. The Morgan fingerprint density at radius 2 is 1.88 bits per heavy atom. The van der Waals surface area contributed by atoms with Crippen LogP contribution in [0.4, 0.5) is 10.2 Å². The van der Waals surface area contributed by atoms with Gasteiger partial charge in [-0.05, 0) is 48.2 Å². The number of rotatable bonds is 3. The predicted octanol–water partition coefficient (Wildman–Crippen LogP) is 4.05. The summed E-state index contributed by atoms with van der Waals surface area (Å²) in [6.07, 6.45) is 5.39. The number of hydrogen-bond donors (Lipinski definition) is 1. The Morgan fingerprint density at radius 3 is 2.77 bits per heavy atom. The summed E-state index contributed by atoms with van der Waals surface area (Å²) in [5.74, 6) is 0.493. The fourth-order valence-electron chi connectivity index (χ4n) is 3.60. The molecule has 1 atom stereocenters. The predicted molar refractivity (Wildman–Crippen MR) is 97.7 cm³/mol. The summed E-state index contributed by atoms with van der Waals surface area (Å²) < 4.78 is 14.9. The molecule has 4 aromatic rings. The zero-order valence-electron chi connectivity index (χ0n) is 13.9. The van der Waals surface area contributed by atoms with E-state index in [0.29, 0.717) is 5.65 Å². The first-order chi connectivity index (χ1) is 12.8. The van der Waals surface area contributed by atoms with Crippen molar-refractivity contribution in [1.29, 1.82) is 0 Å². The normalized spacial score (nSPS) is 16.0. The highest BCUT2D eigenvalue weighted by atomic mass is 19.1. The van der Waals surface area contributed by atoms with E-state index in [-0.39, 0.29) is 11.9 Å². The van der Waals surface area contributed by atoms with Crippen molar-refractivity contribution in [2.75, 3.05) is 5.32 Å². The van der Waals surface area contributed by atoms with Crippen molar-refractivity contribution in [3.05, 3.63) is 78.0 Å². The second kappa shape index (κ2) is 5.91. The Labute approximate surface area is 149 Å². The largest absolute Gasteiger partial charge is 0.363 e. The third kappa shape index (κ3) is 2.42. The molecule has 1 aliphatic carbocycles. The van der Waals surface area contributed by atoms with Crippen LogP contribution >= 0.6 is 0 Å². The number of fused-ring (bicyclic) bond motifs is 2. The van der Waals surface area contributed by atoms with E-state index < -0.39 is 0 Å². The highest BCUT2D eigenvalue weighted by Gasteiger charge is 2.23. The van der Waals surface area contributed by atoms with Gasteiger partial charge in [-0.25, -0.2) is 19.0 Å². The molecule has 1 aliphatic rings. The summed E-state index contributed by atoms with van der Waals surface area (Å²) in [5, 5.41) is 8.82. The van der Waals surface area contributed by atoms with Crippen LogP contribution in [0.5, 0.6) is 0 Å². The van der Waals surface area contributed by atoms with E-state index in [9.17, 15) is 4.39 Å². The Kier molecular flexibility index (Phi) is 3.41. The number of aryl methyl sites for hydroxylation is 1. The molecule has 2 aromatic carbocycles. The SMILES string of the molecule is Fc1ccc(-n2ncc3c(NC4CCc5ccccc54)ncnc32)cc1. The third-order valence-corrected chi connectivity index (χ3v) is 4.88. The van der Waals surface area contributed by atoms with Gasteiger partial charge in [-0.15, -0.1) is 0 Å². The van der Waals surface area contributed by atoms with Gasteiger partial charge in [0.1, 0.15) is 18.0 Å². The van der Waals surface area contributed by atoms with Crippen LogP contribution in [0.2, 0.25) is 0 Å². The van der Waals surface area contributed by atoms with Gasteiger partial charge in [0.2, 0.25) is 0 Å². The minimum atomic E-state index is -0.276. The van der Waals surface area contributed by atoms with Crippen LogP contribution in [0.3, 0.4) is 0 Å². The molecule has 0 radical (unpaired) electrons. The lowest BCUT2D eigenvalue weighted by Gasteiger charge is -2.15. The van der Waals surface area contributed by atoms with Gasteiger partial charge < -0.3 is 5.32 Å². The molecular formula is C20H16FN5. The first-order valence-electron chi connectivity index (χ1n) is 8.58. The van der Waals surface area contributed by atoms with Crippen molar-refractivity contribution in [2.24, 2.45) is 0 Å². The zero-order valence-corrected chi connectivity index (χ0v) is 13.9. The molecular weight excluding hydrogens is 329 g/mol. The van der Waals surface area contributed by atoms with Gasteiger partial charge in [0.05, 0.1) is 23.3 Å². The Bertz CT molecular complexity index is 1090. The lowest BCUT2D eigenvalue weighted by Crippen LogP contribution is -2.09. The molecule has 26 heavy (non-hydrogen) atoms. The van der Waals surface area contributed by atoms with Crippen LogP contribution < -0.4 is 5.32 Å². The molecule has 1 N–H and O–H groups in total. The smallest absolute Gasteiger partial charge is 0.168 e. The van der Waals surface area contributed by atoms with Crippen LogP contribution in [0.1, 0.15) is 23.6 Å². The molecule has 2 heterocycles. The molecule has 5 nitrogen and oxygen atoms in total. The van der Waals surface area contributed by atoms with E-state index in [1.807, 2.05) is 0 Å². The van der Waals surface area contributed by atoms with Crippen LogP contribution in [0.25, 0.3) is 16.7 Å². The van der Waals surface area contributed by atoms with Crippen LogP contribution in [-0.4, -0.2) is 19.7 Å². The molecule has 6 heteroatoms. The standard InChI is InChI=1S/C20H16FN5/c21-14-6-8-15(9-7-14)26-20-17(11-24-26)19(22-12-23-20)25-18-10-5-13-3-1-2-4-16(13)18/h1-4,6-9,11-12,18H,5,10H2,(H,22,23,25). The molecule has 1 unspecified atom stereocenters. The van der Waals surface area contributed by atoms with Crippen molar-refractivity contribution in [3.8, 4) is 5.69 Å². The number of benzene rings is 2. The van der Waals surface area contributed by atoms with E-state index in [1.54, 1.807) is 23.0 Å². The highest BCUT2D eigenvalue weighted by molar-refractivity contribution is 5.87. The Hall–Kier alpha value is -3.28. The summed E-state index contributed by atoms with van der Waals surface area (Å²) in [5.41, 5.74) is 4.17. The van der Waals surface area contributed by atoms with E-state index in [4.69, 9.17) is 0 Å². The number of nitrogens with zero attached hydrogens (tertiary/aromatic N) is 4. The van der Waals surface area contributed by atoms with Crippen molar-refractivity contribution < 1.29 is 4.39 Å². The minimum Gasteiger partial charge on any atom is -0.363 e. The molecule has 0 saturated heterocycles. The summed E-state index contributed by atoms with van der Waals surface area (Å²) in [6, 6.07) is 14.9. The van der Waals surface area contributed by atoms with Gasteiger partial charge >= 0.3 is 0 Å². The fraction of sp³-hybridized carbons (Fsp3) is 0.150.